The SMILES string of the molecule is c1ccc2nc(NCC3COCCN3)cnc2c1. The molecule has 1 aromatic carbocycles. The lowest BCUT2D eigenvalue weighted by molar-refractivity contribution is 0.0806. The number of morpholine rings is 1. The largest absolute Gasteiger partial charge is 0.378 e. The summed E-state index contributed by atoms with van der Waals surface area (Å²) in [5.74, 6) is 0.807. The maximum atomic E-state index is 5.40. The molecule has 5 heteroatoms. The lowest BCUT2D eigenvalue weighted by atomic mass is 10.3. The molecule has 0 aliphatic carbocycles. The highest BCUT2D eigenvalue weighted by molar-refractivity contribution is 5.75. The third kappa shape index (κ3) is 2.57. The van der Waals surface area contributed by atoms with Gasteiger partial charge in [0.05, 0.1) is 30.4 Å². The van der Waals surface area contributed by atoms with Crippen LogP contribution >= 0.6 is 0 Å². The Morgan fingerprint density at radius 2 is 2.22 bits per heavy atom. The molecule has 0 amide bonds. The third-order valence-corrected chi connectivity index (χ3v) is 2.98. The summed E-state index contributed by atoms with van der Waals surface area (Å²) in [6, 6.07) is 8.20. The molecule has 1 aromatic heterocycles. The Labute approximate surface area is 106 Å². The Morgan fingerprint density at radius 3 is 3.06 bits per heavy atom. The number of hydrogen-bond donors (Lipinski definition) is 2. The van der Waals surface area contributed by atoms with Gasteiger partial charge in [-0.3, -0.25) is 4.98 Å². The van der Waals surface area contributed by atoms with E-state index >= 15 is 0 Å². The first-order valence-corrected chi connectivity index (χ1v) is 6.18. The van der Waals surface area contributed by atoms with Gasteiger partial charge in [-0.25, -0.2) is 4.98 Å². The molecular formula is C13H16N4O. The van der Waals surface area contributed by atoms with Gasteiger partial charge < -0.3 is 15.4 Å². The molecule has 1 saturated heterocycles. The number of benzene rings is 1. The van der Waals surface area contributed by atoms with E-state index in [0.29, 0.717) is 6.04 Å². The molecule has 1 aliphatic rings. The standard InChI is InChI=1S/C13H16N4O/c1-2-4-12-11(3-1)15-8-13(17-12)16-7-10-9-18-6-5-14-10/h1-4,8,10,14H,5-7,9H2,(H,16,17). The number of ether oxygens (including phenoxy) is 1. The fourth-order valence-corrected chi connectivity index (χ4v) is 2.02. The van der Waals surface area contributed by atoms with Gasteiger partial charge in [-0.05, 0) is 12.1 Å². The molecule has 2 heterocycles. The predicted molar refractivity (Wildman–Crippen MR) is 70.6 cm³/mol. The number of nitrogens with one attached hydrogen (secondary N) is 2. The summed E-state index contributed by atoms with van der Waals surface area (Å²) in [7, 11) is 0. The summed E-state index contributed by atoms with van der Waals surface area (Å²) in [4.78, 5) is 8.89. The average Bonchev–Trinajstić information content (AvgIpc) is 2.46. The van der Waals surface area contributed by atoms with Gasteiger partial charge in [0.1, 0.15) is 5.82 Å². The first-order chi connectivity index (χ1) is 8.92. The van der Waals surface area contributed by atoms with E-state index in [-0.39, 0.29) is 0 Å². The van der Waals surface area contributed by atoms with Crippen LogP contribution in [0.15, 0.2) is 30.5 Å². The Morgan fingerprint density at radius 1 is 1.33 bits per heavy atom. The minimum atomic E-state index is 0.340. The Kier molecular flexibility index (Phi) is 3.34. The number of para-hydroxylation sites is 2. The van der Waals surface area contributed by atoms with Crippen molar-refractivity contribution in [3.8, 4) is 0 Å². The van der Waals surface area contributed by atoms with Crippen LogP contribution < -0.4 is 10.6 Å². The Balaban J connectivity index is 1.66. The van der Waals surface area contributed by atoms with Crippen molar-refractivity contribution in [3.05, 3.63) is 30.5 Å². The van der Waals surface area contributed by atoms with Gasteiger partial charge in [-0.15, -0.1) is 0 Å². The molecule has 5 nitrogen and oxygen atoms in total. The van der Waals surface area contributed by atoms with Gasteiger partial charge in [0.15, 0.2) is 0 Å². The molecular weight excluding hydrogens is 228 g/mol. The van der Waals surface area contributed by atoms with E-state index in [1.54, 1.807) is 6.20 Å². The van der Waals surface area contributed by atoms with E-state index in [1.165, 1.54) is 0 Å². The van der Waals surface area contributed by atoms with Crippen LogP contribution in [0.2, 0.25) is 0 Å². The first kappa shape index (κ1) is 11.4. The molecule has 1 fully saturated rings. The van der Waals surface area contributed by atoms with E-state index in [2.05, 4.69) is 20.6 Å². The first-order valence-electron chi connectivity index (χ1n) is 6.18. The van der Waals surface area contributed by atoms with Crippen molar-refractivity contribution in [2.75, 3.05) is 31.6 Å². The summed E-state index contributed by atoms with van der Waals surface area (Å²) >= 11 is 0. The Bertz CT molecular complexity index is 525. The molecule has 1 atom stereocenters. The van der Waals surface area contributed by atoms with E-state index < -0.39 is 0 Å². The Hall–Kier alpha value is -1.72. The zero-order valence-electron chi connectivity index (χ0n) is 10.1. The minimum absolute atomic E-state index is 0.340. The zero-order valence-corrected chi connectivity index (χ0v) is 10.1. The highest BCUT2D eigenvalue weighted by atomic mass is 16.5. The van der Waals surface area contributed by atoms with E-state index in [9.17, 15) is 0 Å². The van der Waals surface area contributed by atoms with Crippen molar-refractivity contribution in [2.45, 2.75) is 6.04 Å². The number of aromatic nitrogens is 2. The maximum absolute atomic E-state index is 5.40. The zero-order chi connectivity index (χ0) is 12.2. The molecule has 2 N–H and O–H groups in total. The maximum Gasteiger partial charge on any atom is 0.145 e. The molecule has 94 valence electrons. The molecule has 1 aliphatic heterocycles. The number of nitrogens with zero attached hydrogens (tertiary/aromatic N) is 2. The lowest BCUT2D eigenvalue weighted by Crippen LogP contribution is -2.45. The molecule has 3 rings (SSSR count). The summed E-state index contributed by atoms with van der Waals surface area (Å²) in [6.07, 6.45) is 1.77. The van der Waals surface area contributed by atoms with Crippen LogP contribution in [-0.4, -0.2) is 42.3 Å². The van der Waals surface area contributed by atoms with Crippen LogP contribution in [0.1, 0.15) is 0 Å². The van der Waals surface area contributed by atoms with Crippen molar-refractivity contribution in [1.29, 1.82) is 0 Å². The normalized spacial score (nSPS) is 19.9. The smallest absolute Gasteiger partial charge is 0.145 e. The number of hydrogen-bond acceptors (Lipinski definition) is 5. The average molecular weight is 244 g/mol. The van der Waals surface area contributed by atoms with E-state index in [1.807, 2.05) is 24.3 Å². The molecule has 1 unspecified atom stereocenters. The number of rotatable bonds is 3. The highest BCUT2D eigenvalue weighted by Crippen LogP contribution is 2.11. The van der Waals surface area contributed by atoms with Gasteiger partial charge in [0.25, 0.3) is 0 Å². The van der Waals surface area contributed by atoms with Crippen molar-refractivity contribution in [2.24, 2.45) is 0 Å². The van der Waals surface area contributed by atoms with Crippen LogP contribution in [-0.2, 0) is 4.74 Å². The molecule has 0 spiro atoms. The molecule has 0 bridgehead atoms. The van der Waals surface area contributed by atoms with Crippen LogP contribution in [0.4, 0.5) is 5.82 Å². The van der Waals surface area contributed by atoms with Crippen molar-refractivity contribution in [1.82, 2.24) is 15.3 Å². The summed E-state index contributed by atoms with van der Waals surface area (Å²) in [5.41, 5.74) is 1.83. The van der Waals surface area contributed by atoms with Gasteiger partial charge in [0, 0.05) is 19.1 Å². The predicted octanol–water partition coefficient (Wildman–Crippen LogP) is 1.03. The van der Waals surface area contributed by atoms with Crippen molar-refractivity contribution < 1.29 is 4.74 Å². The minimum Gasteiger partial charge on any atom is -0.378 e. The molecule has 18 heavy (non-hydrogen) atoms. The van der Waals surface area contributed by atoms with Crippen LogP contribution in [0.3, 0.4) is 0 Å². The van der Waals surface area contributed by atoms with Crippen LogP contribution in [0, 0.1) is 0 Å². The lowest BCUT2D eigenvalue weighted by Gasteiger charge is -2.24. The second-order valence-corrected chi connectivity index (χ2v) is 4.35. The van der Waals surface area contributed by atoms with Gasteiger partial charge in [-0.1, -0.05) is 12.1 Å². The number of fused-ring (bicyclic) bond motifs is 1. The summed E-state index contributed by atoms with van der Waals surface area (Å²) in [5, 5.41) is 6.68. The third-order valence-electron chi connectivity index (χ3n) is 2.98. The second-order valence-electron chi connectivity index (χ2n) is 4.35. The quantitative estimate of drug-likeness (QED) is 0.844. The topological polar surface area (TPSA) is 59.1 Å². The van der Waals surface area contributed by atoms with E-state index in [4.69, 9.17) is 4.74 Å². The van der Waals surface area contributed by atoms with Crippen molar-refractivity contribution in [3.63, 3.8) is 0 Å². The van der Waals surface area contributed by atoms with Gasteiger partial charge >= 0.3 is 0 Å². The molecule has 0 radical (unpaired) electrons. The summed E-state index contributed by atoms with van der Waals surface area (Å²) < 4.78 is 5.40. The summed E-state index contributed by atoms with van der Waals surface area (Å²) in [6.45, 7) is 3.25. The van der Waals surface area contributed by atoms with E-state index in [0.717, 1.165) is 43.2 Å². The van der Waals surface area contributed by atoms with Gasteiger partial charge in [-0.2, -0.15) is 0 Å². The van der Waals surface area contributed by atoms with Crippen LogP contribution in [0.5, 0.6) is 0 Å². The fraction of sp³-hybridized carbons (Fsp3) is 0.385. The second kappa shape index (κ2) is 5.29. The molecule has 0 saturated carbocycles. The fourth-order valence-electron chi connectivity index (χ4n) is 2.02. The van der Waals surface area contributed by atoms with Crippen LogP contribution in [0.25, 0.3) is 11.0 Å². The monoisotopic (exact) mass is 244 g/mol. The highest BCUT2D eigenvalue weighted by Gasteiger charge is 2.12. The van der Waals surface area contributed by atoms with Gasteiger partial charge in [0.2, 0.25) is 0 Å². The number of anilines is 1. The van der Waals surface area contributed by atoms with Crippen molar-refractivity contribution >= 4 is 16.9 Å². The molecule has 2 aromatic rings.